The molecular formula is C15H21BrN2O4. The van der Waals surface area contributed by atoms with Crippen molar-refractivity contribution in [2.24, 2.45) is 5.73 Å². The van der Waals surface area contributed by atoms with E-state index in [0.717, 1.165) is 18.5 Å². The minimum absolute atomic E-state index is 0.212. The molecule has 1 fully saturated rings. The first-order chi connectivity index (χ1) is 10.5. The minimum atomic E-state index is -0.608. The summed E-state index contributed by atoms with van der Waals surface area (Å²) in [5, 5.41) is 3.43. The second-order valence-corrected chi connectivity index (χ2v) is 6.29. The van der Waals surface area contributed by atoms with E-state index in [9.17, 15) is 4.79 Å². The number of hydrogen-bond donors (Lipinski definition) is 2. The van der Waals surface area contributed by atoms with Gasteiger partial charge in [0.15, 0.2) is 11.5 Å². The van der Waals surface area contributed by atoms with Crippen LogP contribution in [-0.2, 0) is 6.42 Å². The van der Waals surface area contributed by atoms with E-state index in [4.69, 9.17) is 19.9 Å². The van der Waals surface area contributed by atoms with E-state index in [1.807, 2.05) is 6.07 Å². The van der Waals surface area contributed by atoms with E-state index < -0.39 is 5.91 Å². The highest BCUT2D eigenvalue weighted by atomic mass is 79.9. The molecule has 0 saturated carbocycles. The number of amides is 1. The zero-order valence-electron chi connectivity index (χ0n) is 12.9. The molecule has 0 aliphatic carbocycles. The number of benzene rings is 1. The Kier molecular flexibility index (Phi) is 5.52. The summed E-state index contributed by atoms with van der Waals surface area (Å²) in [5.41, 5.74) is 6.59. The van der Waals surface area contributed by atoms with Crippen LogP contribution >= 0.6 is 15.9 Å². The molecule has 1 saturated heterocycles. The molecule has 0 spiro atoms. The third-order valence-corrected chi connectivity index (χ3v) is 4.95. The number of ether oxygens (including phenoxy) is 3. The number of carbonyl (C=O) groups is 1. The van der Waals surface area contributed by atoms with Gasteiger partial charge in [-0.05, 0) is 25.5 Å². The van der Waals surface area contributed by atoms with Gasteiger partial charge in [-0.3, -0.25) is 4.79 Å². The summed E-state index contributed by atoms with van der Waals surface area (Å²) in [7, 11) is 4.52. The normalized spacial score (nSPS) is 20.7. The van der Waals surface area contributed by atoms with E-state index in [0.29, 0.717) is 28.5 Å². The smallest absolute Gasteiger partial charge is 0.256 e. The average Bonchev–Trinajstić information content (AvgIpc) is 2.90. The summed E-state index contributed by atoms with van der Waals surface area (Å²) in [6.07, 6.45) is 1.75. The molecule has 1 heterocycles. The molecule has 1 amide bonds. The number of halogens is 1. The molecule has 0 bridgehead atoms. The Morgan fingerprint density at radius 1 is 1.32 bits per heavy atom. The maximum Gasteiger partial charge on any atom is 0.256 e. The van der Waals surface area contributed by atoms with Gasteiger partial charge >= 0.3 is 0 Å². The van der Waals surface area contributed by atoms with Gasteiger partial charge in [-0.15, -0.1) is 0 Å². The summed E-state index contributed by atoms with van der Waals surface area (Å²) < 4.78 is 16.1. The number of rotatable bonds is 6. The first-order valence-corrected chi connectivity index (χ1v) is 7.94. The third-order valence-electron chi connectivity index (χ3n) is 3.85. The highest BCUT2D eigenvalue weighted by Gasteiger charge is 2.29. The lowest BCUT2D eigenvalue weighted by Gasteiger charge is -2.21. The molecule has 1 aliphatic heterocycles. The Labute approximate surface area is 138 Å². The van der Waals surface area contributed by atoms with Gasteiger partial charge in [-0.25, -0.2) is 0 Å². The fourth-order valence-corrected chi connectivity index (χ4v) is 3.41. The fourth-order valence-electron chi connectivity index (χ4n) is 2.81. The Hall–Kier alpha value is -1.47. The molecule has 1 aromatic rings. The minimum Gasteiger partial charge on any atom is -0.495 e. The summed E-state index contributed by atoms with van der Waals surface area (Å²) in [6, 6.07) is 2.09. The van der Waals surface area contributed by atoms with Crippen molar-refractivity contribution in [2.75, 3.05) is 27.9 Å². The summed E-state index contributed by atoms with van der Waals surface area (Å²) in [4.78, 5) is 12.2. The van der Waals surface area contributed by atoms with Gasteiger partial charge in [0.05, 0.1) is 21.3 Å². The molecular weight excluding hydrogens is 352 g/mol. The van der Waals surface area contributed by atoms with Crippen molar-refractivity contribution >= 4 is 21.8 Å². The van der Waals surface area contributed by atoms with Crippen molar-refractivity contribution < 1.29 is 19.0 Å². The first kappa shape index (κ1) is 16.9. The number of nitrogens with two attached hydrogens (primary N) is 1. The molecule has 1 aliphatic rings. The van der Waals surface area contributed by atoms with Crippen LogP contribution in [-0.4, -0.2) is 44.7 Å². The van der Waals surface area contributed by atoms with Crippen molar-refractivity contribution in [2.45, 2.75) is 23.7 Å². The van der Waals surface area contributed by atoms with Gasteiger partial charge in [0.2, 0.25) is 0 Å². The number of methoxy groups -OCH3 is 3. The molecule has 7 heteroatoms. The first-order valence-electron chi connectivity index (χ1n) is 7.02. The van der Waals surface area contributed by atoms with Crippen molar-refractivity contribution in [1.29, 1.82) is 0 Å². The van der Waals surface area contributed by atoms with Gasteiger partial charge in [-0.1, -0.05) is 15.9 Å². The molecule has 0 radical (unpaired) electrons. The highest BCUT2D eigenvalue weighted by molar-refractivity contribution is 9.09. The van der Waals surface area contributed by atoms with Crippen LogP contribution in [0.15, 0.2) is 6.07 Å². The molecule has 2 atom stereocenters. The molecule has 0 aromatic heterocycles. The van der Waals surface area contributed by atoms with Gasteiger partial charge in [-0.2, -0.15) is 0 Å². The predicted molar refractivity (Wildman–Crippen MR) is 87.4 cm³/mol. The van der Waals surface area contributed by atoms with E-state index >= 15 is 0 Å². The van der Waals surface area contributed by atoms with Crippen LogP contribution in [0.2, 0.25) is 0 Å². The number of alkyl halides is 1. The topological polar surface area (TPSA) is 82.8 Å². The fraction of sp³-hybridized carbons (Fsp3) is 0.533. The van der Waals surface area contributed by atoms with Gasteiger partial charge < -0.3 is 25.3 Å². The number of nitrogens with one attached hydrogen (secondary N) is 1. The quantitative estimate of drug-likeness (QED) is 0.739. The Morgan fingerprint density at radius 3 is 2.45 bits per heavy atom. The van der Waals surface area contributed by atoms with Crippen molar-refractivity contribution in [3.63, 3.8) is 0 Å². The van der Waals surface area contributed by atoms with Crippen LogP contribution in [0.25, 0.3) is 0 Å². The van der Waals surface area contributed by atoms with Crippen molar-refractivity contribution in [1.82, 2.24) is 5.32 Å². The second kappa shape index (κ2) is 7.19. The van der Waals surface area contributed by atoms with Crippen molar-refractivity contribution in [3.8, 4) is 17.2 Å². The Morgan fingerprint density at radius 2 is 2.00 bits per heavy atom. The molecule has 1 aromatic carbocycles. The third kappa shape index (κ3) is 3.15. The van der Waals surface area contributed by atoms with Crippen LogP contribution in [0.1, 0.15) is 22.3 Å². The van der Waals surface area contributed by atoms with E-state index in [2.05, 4.69) is 21.2 Å². The SMILES string of the molecule is COc1cc(CC2NCCC2Br)c(OC)c(C(N)=O)c1OC. The molecule has 122 valence electrons. The molecule has 3 N–H and O–H groups in total. The second-order valence-electron chi connectivity index (χ2n) is 5.11. The van der Waals surface area contributed by atoms with E-state index in [1.165, 1.54) is 21.3 Å². The monoisotopic (exact) mass is 372 g/mol. The Balaban J connectivity index is 2.52. The largest absolute Gasteiger partial charge is 0.495 e. The molecule has 2 unspecified atom stereocenters. The zero-order chi connectivity index (χ0) is 16.3. The number of primary amides is 1. The molecule has 6 nitrogen and oxygen atoms in total. The maximum atomic E-state index is 11.9. The van der Waals surface area contributed by atoms with Crippen molar-refractivity contribution in [3.05, 3.63) is 17.2 Å². The van der Waals surface area contributed by atoms with E-state index in [1.54, 1.807) is 0 Å². The van der Waals surface area contributed by atoms with E-state index in [-0.39, 0.29) is 11.6 Å². The summed E-state index contributed by atoms with van der Waals surface area (Å²) in [5.74, 6) is 0.601. The maximum absolute atomic E-state index is 11.9. The highest BCUT2D eigenvalue weighted by Crippen LogP contribution is 2.41. The molecule has 22 heavy (non-hydrogen) atoms. The van der Waals surface area contributed by atoms with Gasteiger partial charge in [0.25, 0.3) is 5.91 Å². The number of carbonyl (C=O) groups excluding carboxylic acids is 1. The summed E-state index contributed by atoms with van der Waals surface area (Å²) in [6.45, 7) is 0.957. The zero-order valence-corrected chi connectivity index (χ0v) is 14.5. The van der Waals surface area contributed by atoms with Gasteiger partial charge in [0, 0.05) is 16.4 Å². The van der Waals surface area contributed by atoms with Crippen LogP contribution in [0.3, 0.4) is 0 Å². The van der Waals surface area contributed by atoms with Gasteiger partial charge in [0.1, 0.15) is 11.3 Å². The average molecular weight is 373 g/mol. The standard InChI is InChI=1S/C15H21BrN2O4/c1-20-11-7-8(6-10-9(16)4-5-18-10)13(21-2)12(15(17)19)14(11)22-3/h7,9-10,18H,4-6H2,1-3H3,(H2,17,19). The summed E-state index contributed by atoms with van der Waals surface area (Å²) >= 11 is 3.67. The number of hydrogen-bond acceptors (Lipinski definition) is 5. The molecule has 2 rings (SSSR count). The predicted octanol–water partition coefficient (Wildman–Crippen LogP) is 1.48. The lowest BCUT2D eigenvalue weighted by atomic mass is 9.99. The Bertz CT molecular complexity index is 565. The lowest BCUT2D eigenvalue weighted by Crippen LogP contribution is -2.30. The van der Waals surface area contributed by atoms with Crippen LogP contribution in [0.5, 0.6) is 17.2 Å². The van der Waals surface area contributed by atoms with Crippen LogP contribution in [0.4, 0.5) is 0 Å². The lowest BCUT2D eigenvalue weighted by molar-refractivity contribution is 0.0993. The van der Waals surface area contributed by atoms with Crippen LogP contribution in [0, 0.1) is 0 Å². The van der Waals surface area contributed by atoms with Crippen LogP contribution < -0.4 is 25.3 Å².